The molecule has 0 aliphatic heterocycles. The summed E-state index contributed by atoms with van der Waals surface area (Å²) in [6, 6.07) is 7.97. The third-order valence-corrected chi connectivity index (χ3v) is 2.23. The van der Waals surface area contributed by atoms with E-state index in [2.05, 4.69) is 4.98 Å². The number of imidazole rings is 1. The summed E-state index contributed by atoms with van der Waals surface area (Å²) >= 11 is 0. The predicted octanol–water partition coefficient (Wildman–Crippen LogP) is -1.48. The molecule has 0 radical (unpaired) electrons. The summed E-state index contributed by atoms with van der Waals surface area (Å²) in [6.45, 7) is 0. The number of methoxy groups -OCH3 is 1. The van der Waals surface area contributed by atoms with Crippen LogP contribution in [0.4, 0.5) is 0 Å². The molecule has 2 aromatic rings. The summed E-state index contributed by atoms with van der Waals surface area (Å²) in [5.41, 5.74) is 1.15. The molecule has 15 heavy (non-hydrogen) atoms. The van der Waals surface area contributed by atoms with Crippen LogP contribution in [0.3, 0.4) is 0 Å². The number of aromatic nitrogens is 2. The van der Waals surface area contributed by atoms with Gasteiger partial charge in [0.2, 0.25) is 0 Å². The highest BCUT2D eigenvalue weighted by molar-refractivity contribution is 5.53. The Morgan fingerprint density at radius 1 is 1.20 bits per heavy atom. The van der Waals surface area contributed by atoms with E-state index in [0.29, 0.717) is 0 Å². The molecule has 1 N–H and O–H groups in total. The Balaban J connectivity index is 0.00000112. The molecule has 0 unspecified atom stereocenters. The summed E-state index contributed by atoms with van der Waals surface area (Å²) < 4.78 is 7.14. The van der Waals surface area contributed by atoms with Crippen LogP contribution in [0, 0.1) is 0 Å². The van der Waals surface area contributed by atoms with E-state index in [1.807, 2.05) is 48.3 Å². The molecule has 4 heteroatoms. The quantitative estimate of drug-likeness (QED) is 0.531. The van der Waals surface area contributed by atoms with E-state index in [0.717, 1.165) is 17.1 Å². The average Bonchev–Trinajstić information content (AvgIpc) is 2.65. The average molecular weight is 316 g/mol. The molecule has 0 aliphatic rings. The van der Waals surface area contributed by atoms with Crippen LogP contribution < -0.4 is 33.3 Å². The SMILES string of the molecule is COc1ccc(-c2[nH]cc[n+]2C)cc1.[I-]. The number of hydrogen-bond acceptors (Lipinski definition) is 1. The van der Waals surface area contributed by atoms with Crippen molar-refractivity contribution < 1.29 is 33.3 Å². The molecule has 0 amide bonds. The van der Waals surface area contributed by atoms with Crippen LogP contribution in [0.2, 0.25) is 0 Å². The van der Waals surface area contributed by atoms with Gasteiger partial charge in [-0.2, -0.15) is 0 Å². The van der Waals surface area contributed by atoms with Gasteiger partial charge in [0, 0.05) is 0 Å². The molecule has 0 saturated carbocycles. The molecule has 2 rings (SSSR count). The van der Waals surface area contributed by atoms with E-state index in [4.69, 9.17) is 4.74 Å². The maximum Gasteiger partial charge on any atom is 0.286 e. The second-order valence-electron chi connectivity index (χ2n) is 3.15. The second-order valence-corrected chi connectivity index (χ2v) is 3.15. The number of benzene rings is 1. The lowest BCUT2D eigenvalue weighted by Gasteiger charge is -1.99. The Bertz CT molecular complexity index is 422. The van der Waals surface area contributed by atoms with E-state index in [-0.39, 0.29) is 24.0 Å². The molecule has 1 aromatic carbocycles. The largest absolute Gasteiger partial charge is 1.00 e. The molecule has 0 fully saturated rings. The monoisotopic (exact) mass is 316 g/mol. The van der Waals surface area contributed by atoms with Crippen LogP contribution in [0.5, 0.6) is 5.75 Å². The summed E-state index contributed by atoms with van der Waals surface area (Å²) in [6.07, 6.45) is 3.90. The van der Waals surface area contributed by atoms with E-state index >= 15 is 0 Å². The lowest BCUT2D eigenvalue weighted by Crippen LogP contribution is -3.00. The van der Waals surface area contributed by atoms with Gasteiger partial charge in [0.25, 0.3) is 5.82 Å². The Kier molecular flexibility index (Phi) is 4.14. The minimum absolute atomic E-state index is 0. The molecule has 0 saturated heterocycles. The number of nitrogens with one attached hydrogen (secondary N) is 1. The number of halogens is 1. The minimum atomic E-state index is 0. The molecule has 3 nitrogen and oxygen atoms in total. The van der Waals surface area contributed by atoms with Crippen LogP contribution in [-0.4, -0.2) is 12.1 Å². The third-order valence-electron chi connectivity index (χ3n) is 2.23. The van der Waals surface area contributed by atoms with Crippen LogP contribution in [-0.2, 0) is 7.05 Å². The van der Waals surface area contributed by atoms with Crippen molar-refractivity contribution >= 4 is 0 Å². The first-order valence-corrected chi connectivity index (χ1v) is 4.48. The molecule has 1 heterocycles. The maximum atomic E-state index is 5.10. The van der Waals surface area contributed by atoms with Crippen molar-refractivity contribution in [3.8, 4) is 17.1 Å². The Labute approximate surface area is 106 Å². The second kappa shape index (κ2) is 5.16. The standard InChI is InChI=1S/C11H12N2O.HI/c1-13-8-7-12-11(13)9-3-5-10(14-2)6-4-9;/h3-8H,1-2H3;1H. The normalized spacial score (nSPS) is 9.47. The van der Waals surface area contributed by atoms with Gasteiger partial charge in [-0.3, -0.25) is 0 Å². The Morgan fingerprint density at radius 2 is 1.87 bits per heavy atom. The first kappa shape index (κ1) is 12.0. The summed E-state index contributed by atoms with van der Waals surface area (Å²) in [5, 5.41) is 0. The van der Waals surface area contributed by atoms with Crippen molar-refractivity contribution in [1.29, 1.82) is 0 Å². The van der Waals surface area contributed by atoms with Crippen molar-refractivity contribution in [3.05, 3.63) is 36.7 Å². The molecule has 0 spiro atoms. The first-order chi connectivity index (χ1) is 6.81. The van der Waals surface area contributed by atoms with Gasteiger partial charge < -0.3 is 28.7 Å². The Hall–Kier alpha value is -1.04. The van der Waals surface area contributed by atoms with Crippen LogP contribution in [0.1, 0.15) is 0 Å². The van der Waals surface area contributed by atoms with Crippen molar-refractivity contribution in [2.24, 2.45) is 7.05 Å². The number of nitrogens with zero attached hydrogens (tertiary/aromatic N) is 1. The highest BCUT2D eigenvalue weighted by Gasteiger charge is 2.08. The lowest BCUT2D eigenvalue weighted by molar-refractivity contribution is -0.658. The van der Waals surface area contributed by atoms with Gasteiger partial charge in [-0.1, -0.05) is 0 Å². The summed E-state index contributed by atoms with van der Waals surface area (Å²) in [5.74, 6) is 1.97. The number of aromatic amines is 1. The summed E-state index contributed by atoms with van der Waals surface area (Å²) in [4.78, 5) is 3.18. The fourth-order valence-electron chi connectivity index (χ4n) is 1.44. The maximum absolute atomic E-state index is 5.10. The van der Waals surface area contributed by atoms with Gasteiger partial charge >= 0.3 is 0 Å². The van der Waals surface area contributed by atoms with Gasteiger partial charge in [-0.25, -0.2) is 9.55 Å². The van der Waals surface area contributed by atoms with Gasteiger partial charge in [-0.15, -0.1) is 0 Å². The summed E-state index contributed by atoms with van der Waals surface area (Å²) in [7, 11) is 3.68. The Morgan fingerprint density at radius 3 is 2.33 bits per heavy atom. The minimum Gasteiger partial charge on any atom is -1.00 e. The zero-order valence-corrected chi connectivity index (χ0v) is 10.9. The van der Waals surface area contributed by atoms with Gasteiger partial charge in [0.15, 0.2) is 0 Å². The van der Waals surface area contributed by atoms with E-state index in [9.17, 15) is 0 Å². The highest BCUT2D eigenvalue weighted by Crippen LogP contribution is 2.17. The number of rotatable bonds is 2. The van der Waals surface area contributed by atoms with Crippen LogP contribution in [0.25, 0.3) is 11.4 Å². The topological polar surface area (TPSA) is 28.9 Å². The molecule has 0 bridgehead atoms. The number of ether oxygens (including phenoxy) is 1. The van der Waals surface area contributed by atoms with Crippen molar-refractivity contribution in [1.82, 2.24) is 4.98 Å². The van der Waals surface area contributed by atoms with Crippen LogP contribution >= 0.6 is 0 Å². The van der Waals surface area contributed by atoms with Crippen molar-refractivity contribution in [3.63, 3.8) is 0 Å². The fourth-order valence-corrected chi connectivity index (χ4v) is 1.44. The molecular weight excluding hydrogens is 303 g/mol. The van der Waals surface area contributed by atoms with Gasteiger partial charge in [-0.05, 0) is 24.3 Å². The van der Waals surface area contributed by atoms with Gasteiger partial charge in [0.1, 0.15) is 18.1 Å². The van der Waals surface area contributed by atoms with Crippen molar-refractivity contribution in [2.45, 2.75) is 0 Å². The molecule has 1 aromatic heterocycles. The van der Waals surface area contributed by atoms with Gasteiger partial charge in [0.05, 0.1) is 19.7 Å². The zero-order valence-electron chi connectivity index (χ0n) is 8.70. The van der Waals surface area contributed by atoms with Crippen molar-refractivity contribution in [2.75, 3.05) is 7.11 Å². The first-order valence-electron chi connectivity index (χ1n) is 4.48. The molecular formula is C11H13IN2O. The molecule has 0 atom stereocenters. The van der Waals surface area contributed by atoms with Crippen LogP contribution in [0.15, 0.2) is 36.7 Å². The highest BCUT2D eigenvalue weighted by atomic mass is 127. The lowest BCUT2D eigenvalue weighted by atomic mass is 10.2. The van der Waals surface area contributed by atoms with E-state index < -0.39 is 0 Å². The zero-order chi connectivity index (χ0) is 9.97. The number of hydrogen-bond donors (Lipinski definition) is 1. The van der Waals surface area contributed by atoms with E-state index in [1.54, 1.807) is 7.11 Å². The number of aryl methyl sites for hydroxylation is 1. The number of H-pyrrole nitrogens is 1. The van der Waals surface area contributed by atoms with E-state index in [1.165, 1.54) is 0 Å². The molecule has 0 aliphatic carbocycles. The predicted molar refractivity (Wildman–Crippen MR) is 54.0 cm³/mol. The smallest absolute Gasteiger partial charge is 0.286 e. The third kappa shape index (κ3) is 2.50. The fraction of sp³-hybridized carbons (Fsp3) is 0.182. The molecule has 80 valence electrons.